The zero-order valence-electron chi connectivity index (χ0n) is 16.1. The number of nitrogens with zero attached hydrogens (tertiary/aromatic N) is 3. The Morgan fingerprint density at radius 3 is 2.70 bits per heavy atom. The van der Waals surface area contributed by atoms with E-state index in [-0.39, 0.29) is 12.0 Å². The van der Waals surface area contributed by atoms with Crippen molar-refractivity contribution in [2.24, 2.45) is 5.92 Å². The Labute approximate surface area is 161 Å². The number of piperidine rings is 1. The largest absolute Gasteiger partial charge is 0.450 e. The van der Waals surface area contributed by atoms with Crippen LogP contribution in [0.15, 0.2) is 24.3 Å². The van der Waals surface area contributed by atoms with Crippen LogP contribution in [0.25, 0.3) is 0 Å². The van der Waals surface area contributed by atoms with Crippen molar-refractivity contribution in [3.8, 4) is 0 Å². The second-order valence-electron chi connectivity index (χ2n) is 7.90. The number of ether oxygens (including phenoxy) is 1. The summed E-state index contributed by atoms with van der Waals surface area (Å²) in [4.78, 5) is 30.7. The number of likely N-dealkylation sites (tertiary alicyclic amines) is 2. The van der Waals surface area contributed by atoms with E-state index in [9.17, 15) is 9.59 Å². The molecule has 1 aromatic rings. The van der Waals surface area contributed by atoms with Crippen LogP contribution in [0.1, 0.15) is 31.7 Å². The maximum atomic E-state index is 12.5. The Morgan fingerprint density at radius 2 is 1.93 bits per heavy atom. The number of carbonyl (C=O) groups excluding carboxylic acids is 2. The number of rotatable bonds is 4. The zero-order valence-corrected chi connectivity index (χ0v) is 16.1. The van der Waals surface area contributed by atoms with Crippen LogP contribution < -0.4 is 4.90 Å². The van der Waals surface area contributed by atoms with Gasteiger partial charge in [-0.2, -0.15) is 0 Å². The van der Waals surface area contributed by atoms with Crippen LogP contribution in [0.3, 0.4) is 0 Å². The van der Waals surface area contributed by atoms with Crippen molar-refractivity contribution in [3.05, 3.63) is 29.8 Å². The number of carbonyl (C=O) groups is 2. The van der Waals surface area contributed by atoms with E-state index in [2.05, 4.69) is 17.0 Å². The van der Waals surface area contributed by atoms with Crippen molar-refractivity contribution in [2.75, 3.05) is 44.2 Å². The second kappa shape index (κ2) is 7.89. The normalized spacial score (nSPS) is 23.7. The molecule has 146 valence electrons. The van der Waals surface area contributed by atoms with Gasteiger partial charge >= 0.3 is 6.09 Å². The molecule has 2 amide bonds. The molecule has 0 N–H and O–H groups in total. The van der Waals surface area contributed by atoms with Crippen LogP contribution in [-0.4, -0.2) is 67.2 Å². The standard InChI is InChI=1S/C21H29N3O3/c1-2-27-21(26)23-11-7-16(8-12-23)14-22-10-9-18(15-22)24-19-6-4-3-5-17(19)13-20(24)25/h3-6,16,18H,2,7-15H2,1H3/t18-/m0/s1. The fourth-order valence-corrected chi connectivity index (χ4v) is 4.74. The van der Waals surface area contributed by atoms with Crippen LogP contribution in [0, 0.1) is 5.92 Å². The highest BCUT2D eigenvalue weighted by atomic mass is 16.6. The molecular weight excluding hydrogens is 342 g/mol. The predicted molar refractivity (Wildman–Crippen MR) is 104 cm³/mol. The molecule has 0 aromatic heterocycles. The van der Waals surface area contributed by atoms with Gasteiger partial charge in [-0.05, 0) is 43.7 Å². The van der Waals surface area contributed by atoms with Gasteiger partial charge in [-0.25, -0.2) is 4.79 Å². The monoisotopic (exact) mass is 371 g/mol. The Kier molecular flexibility index (Phi) is 5.34. The topological polar surface area (TPSA) is 53.1 Å². The zero-order chi connectivity index (χ0) is 18.8. The molecule has 3 aliphatic rings. The van der Waals surface area contributed by atoms with Crippen LogP contribution >= 0.6 is 0 Å². The van der Waals surface area contributed by atoms with Crippen LogP contribution in [-0.2, 0) is 16.0 Å². The number of hydrogen-bond acceptors (Lipinski definition) is 4. The van der Waals surface area contributed by atoms with E-state index in [1.54, 1.807) is 0 Å². The maximum absolute atomic E-state index is 12.5. The quantitative estimate of drug-likeness (QED) is 0.816. The van der Waals surface area contributed by atoms with Gasteiger partial charge in [0.05, 0.1) is 19.1 Å². The van der Waals surface area contributed by atoms with Gasteiger partial charge in [0.1, 0.15) is 0 Å². The fraction of sp³-hybridized carbons (Fsp3) is 0.619. The third-order valence-corrected chi connectivity index (χ3v) is 6.13. The number of fused-ring (bicyclic) bond motifs is 1. The average Bonchev–Trinajstić information content (AvgIpc) is 3.25. The summed E-state index contributed by atoms with van der Waals surface area (Å²) in [6.45, 7) is 6.94. The minimum Gasteiger partial charge on any atom is -0.450 e. The van der Waals surface area contributed by atoms with Gasteiger partial charge in [-0.15, -0.1) is 0 Å². The first-order valence-electron chi connectivity index (χ1n) is 10.2. The highest BCUT2D eigenvalue weighted by Gasteiger charge is 2.37. The van der Waals surface area contributed by atoms with Crippen LogP contribution in [0.4, 0.5) is 10.5 Å². The molecule has 3 heterocycles. The van der Waals surface area contributed by atoms with E-state index in [1.165, 1.54) is 0 Å². The summed E-state index contributed by atoms with van der Waals surface area (Å²) in [5.41, 5.74) is 2.27. The van der Waals surface area contributed by atoms with Gasteiger partial charge in [-0.1, -0.05) is 18.2 Å². The molecule has 0 aliphatic carbocycles. The highest BCUT2D eigenvalue weighted by Crippen LogP contribution is 2.33. The SMILES string of the molecule is CCOC(=O)N1CCC(CN2CC[C@H](N3C(=O)Cc4ccccc43)C2)CC1. The molecule has 1 atom stereocenters. The Morgan fingerprint density at radius 1 is 1.15 bits per heavy atom. The lowest BCUT2D eigenvalue weighted by atomic mass is 9.96. The Hall–Kier alpha value is -2.08. The highest BCUT2D eigenvalue weighted by molar-refractivity contribution is 6.01. The number of benzene rings is 1. The molecule has 3 aliphatic heterocycles. The van der Waals surface area contributed by atoms with Gasteiger partial charge in [0.25, 0.3) is 0 Å². The van der Waals surface area contributed by atoms with E-state index in [1.807, 2.05) is 28.9 Å². The molecular formula is C21H29N3O3. The molecule has 0 bridgehead atoms. The summed E-state index contributed by atoms with van der Waals surface area (Å²) in [5.74, 6) is 0.863. The molecule has 1 aromatic carbocycles. The average molecular weight is 371 g/mol. The smallest absolute Gasteiger partial charge is 0.409 e. The van der Waals surface area contributed by atoms with Crippen molar-refractivity contribution in [1.82, 2.24) is 9.80 Å². The molecule has 0 saturated carbocycles. The Balaban J connectivity index is 1.29. The van der Waals surface area contributed by atoms with Gasteiger partial charge in [-0.3, -0.25) is 4.79 Å². The maximum Gasteiger partial charge on any atom is 0.409 e. The van der Waals surface area contributed by atoms with Gasteiger partial charge in [0.2, 0.25) is 5.91 Å². The first kappa shape index (κ1) is 18.3. The number of para-hydroxylation sites is 1. The molecule has 0 spiro atoms. The lowest BCUT2D eigenvalue weighted by molar-refractivity contribution is -0.117. The van der Waals surface area contributed by atoms with Gasteiger partial charge < -0.3 is 19.4 Å². The number of amides is 2. The first-order chi connectivity index (χ1) is 13.2. The molecule has 4 rings (SSSR count). The Bertz CT molecular complexity index is 700. The van der Waals surface area contributed by atoms with Crippen molar-refractivity contribution in [3.63, 3.8) is 0 Å². The van der Waals surface area contributed by atoms with E-state index >= 15 is 0 Å². The van der Waals surface area contributed by atoms with E-state index in [4.69, 9.17) is 4.74 Å². The molecule has 2 fully saturated rings. The lowest BCUT2D eigenvalue weighted by Gasteiger charge is -2.33. The van der Waals surface area contributed by atoms with Crippen molar-refractivity contribution in [2.45, 2.75) is 38.6 Å². The van der Waals surface area contributed by atoms with Crippen molar-refractivity contribution < 1.29 is 14.3 Å². The summed E-state index contributed by atoms with van der Waals surface area (Å²) in [6, 6.07) is 8.47. The summed E-state index contributed by atoms with van der Waals surface area (Å²) in [6.07, 6.45) is 3.47. The summed E-state index contributed by atoms with van der Waals surface area (Å²) < 4.78 is 5.10. The third-order valence-electron chi connectivity index (χ3n) is 6.13. The molecule has 0 unspecified atom stereocenters. The third kappa shape index (κ3) is 3.81. The van der Waals surface area contributed by atoms with Gasteiger partial charge in [0, 0.05) is 38.4 Å². The summed E-state index contributed by atoms with van der Waals surface area (Å²) in [7, 11) is 0. The lowest BCUT2D eigenvalue weighted by Crippen LogP contribution is -2.43. The van der Waals surface area contributed by atoms with Gasteiger partial charge in [0.15, 0.2) is 0 Å². The minimum absolute atomic E-state index is 0.177. The minimum atomic E-state index is -0.177. The van der Waals surface area contributed by atoms with Crippen LogP contribution in [0.5, 0.6) is 0 Å². The summed E-state index contributed by atoms with van der Waals surface area (Å²) in [5, 5.41) is 0. The van der Waals surface area contributed by atoms with Crippen molar-refractivity contribution >= 4 is 17.7 Å². The van der Waals surface area contributed by atoms with E-state index in [0.717, 1.165) is 63.2 Å². The van der Waals surface area contributed by atoms with E-state index in [0.29, 0.717) is 25.0 Å². The van der Waals surface area contributed by atoms with E-state index < -0.39 is 0 Å². The van der Waals surface area contributed by atoms with Crippen molar-refractivity contribution in [1.29, 1.82) is 0 Å². The first-order valence-corrected chi connectivity index (χ1v) is 10.2. The fourth-order valence-electron chi connectivity index (χ4n) is 4.74. The molecule has 6 nitrogen and oxygen atoms in total. The second-order valence-corrected chi connectivity index (χ2v) is 7.90. The molecule has 0 radical (unpaired) electrons. The predicted octanol–water partition coefficient (Wildman–Crippen LogP) is 2.52. The van der Waals surface area contributed by atoms with Crippen LogP contribution in [0.2, 0.25) is 0 Å². The molecule has 6 heteroatoms. The summed E-state index contributed by atoms with van der Waals surface area (Å²) >= 11 is 0. The molecule has 27 heavy (non-hydrogen) atoms. The number of anilines is 1. The number of hydrogen-bond donors (Lipinski definition) is 0. The molecule has 2 saturated heterocycles.